The molecule has 0 radical (unpaired) electrons. The van der Waals surface area contributed by atoms with Gasteiger partial charge < -0.3 is 28.2 Å². The average molecular weight is 219 g/mol. The van der Waals surface area contributed by atoms with Gasteiger partial charge in [0, 0.05) is 0 Å². The van der Waals surface area contributed by atoms with Crippen molar-refractivity contribution in [2.24, 2.45) is 0 Å². The minimum atomic E-state index is 0. The van der Waals surface area contributed by atoms with E-state index in [4.69, 9.17) is 0 Å². The Kier molecular flexibility index (Phi) is 11400. The minimum Gasteiger partial charge on any atom is -1.00 e. The first-order valence-corrected chi connectivity index (χ1v) is 0. The van der Waals surface area contributed by atoms with Crippen molar-refractivity contribution in [1.29, 1.82) is 0 Å². The first kappa shape index (κ1) is 375. The van der Waals surface area contributed by atoms with Crippen LogP contribution in [0.15, 0.2) is 0 Å². The SMILES string of the molecule is [B+3].[Be+2].[F-].[F-].[F-].[F-].[F-].[F-].[Rb+]. The Morgan fingerprint density at radius 3 is 0.444 bits per heavy atom. The zero-order chi connectivity index (χ0) is 0. The summed E-state index contributed by atoms with van der Waals surface area (Å²) in [6.45, 7) is 0. The minimum absolute atomic E-state index is 0. The third kappa shape index (κ3) is 213. The molecule has 0 aromatic rings. The van der Waals surface area contributed by atoms with Gasteiger partial charge in [-0.05, 0) is 0 Å². The maximum Gasteiger partial charge on any atom is 3.00 e. The zero-order valence-electron chi connectivity index (χ0n) is 4.55. The van der Waals surface area contributed by atoms with Gasteiger partial charge in [-0.3, -0.25) is 0 Å². The normalized spacial score (nSPS) is 0. The molecule has 0 fully saturated rings. The van der Waals surface area contributed by atoms with Crippen LogP contribution in [-0.4, -0.2) is 18.5 Å². The summed E-state index contributed by atoms with van der Waals surface area (Å²) in [6, 6.07) is 0. The van der Waals surface area contributed by atoms with E-state index < -0.39 is 0 Å². The largest absolute Gasteiger partial charge is 3.00 e. The summed E-state index contributed by atoms with van der Waals surface area (Å²) in [7, 11) is 0. The number of hydrogen-bond acceptors (Lipinski definition) is 0. The fourth-order valence-electron chi connectivity index (χ4n) is 0. The summed E-state index contributed by atoms with van der Waals surface area (Å²) < 4.78 is 0. The summed E-state index contributed by atoms with van der Waals surface area (Å²) in [5.74, 6) is 0. The van der Waals surface area contributed by atoms with Crippen LogP contribution in [0.3, 0.4) is 0 Å². The van der Waals surface area contributed by atoms with Crippen molar-refractivity contribution in [3.05, 3.63) is 0 Å². The molecule has 0 atom stereocenters. The molecule has 0 aliphatic rings. The quantitative estimate of drug-likeness (QED) is 0.280. The molecule has 0 unspecified atom stereocenters. The zero-order valence-corrected chi connectivity index (χ0v) is 9.47. The Hall–Kier alpha value is 1.62. The van der Waals surface area contributed by atoms with E-state index in [1.165, 1.54) is 0 Å². The van der Waals surface area contributed by atoms with E-state index in [-0.39, 0.29) is 105 Å². The molecular weight excluding hydrogens is 219 g/mol. The van der Waals surface area contributed by atoms with Gasteiger partial charge in [-0.2, -0.15) is 0 Å². The van der Waals surface area contributed by atoms with Crippen molar-refractivity contribution in [2.75, 3.05) is 0 Å². The van der Waals surface area contributed by atoms with Crippen molar-refractivity contribution in [1.82, 2.24) is 0 Å². The molecule has 0 nitrogen and oxygen atoms in total. The average Bonchev–Trinajstić information content (AvgIpc) is 0. The maximum atomic E-state index is 0. The molecule has 0 bridgehead atoms. The molecule has 0 aliphatic carbocycles. The van der Waals surface area contributed by atoms with Gasteiger partial charge in [-0.15, -0.1) is 0 Å². The van der Waals surface area contributed by atoms with E-state index in [2.05, 4.69) is 0 Å². The van der Waals surface area contributed by atoms with Crippen LogP contribution in [0.4, 0.5) is 0 Å². The second-order valence-electron chi connectivity index (χ2n) is 0. The van der Waals surface area contributed by atoms with Crippen molar-refractivity contribution in [3.8, 4) is 0 Å². The molecule has 0 aromatic carbocycles. The fraction of sp³-hybridized carbons (Fsp3) is 0. The van der Waals surface area contributed by atoms with E-state index in [1.54, 1.807) is 0 Å². The third-order valence-electron chi connectivity index (χ3n) is 0. The number of rotatable bonds is 0. The molecule has 48 valence electrons. The third-order valence-corrected chi connectivity index (χ3v) is 0. The number of hydrogen-bond donors (Lipinski definition) is 0. The van der Waals surface area contributed by atoms with E-state index in [0.29, 0.717) is 0 Å². The Bertz CT molecular complexity index is 13.0. The van der Waals surface area contributed by atoms with Crippen LogP contribution in [0, 0.1) is 0 Å². The predicted octanol–water partition coefficient (Wildman–Crippen LogP) is -21.7. The predicted molar refractivity (Wildman–Crippen MR) is 11.5 cm³/mol. The van der Waals surface area contributed by atoms with Gasteiger partial charge in [0.05, 0.1) is 0 Å². The van der Waals surface area contributed by atoms with Crippen molar-refractivity contribution in [2.45, 2.75) is 0 Å². The van der Waals surface area contributed by atoms with Crippen molar-refractivity contribution >= 4 is 18.5 Å². The molecule has 0 heterocycles. The van der Waals surface area contributed by atoms with E-state index in [0.717, 1.165) is 0 Å². The van der Waals surface area contributed by atoms with Gasteiger partial charge in [0.2, 0.25) is 0 Å². The second kappa shape index (κ2) is 273. The molecule has 0 aliphatic heterocycles. The van der Waals surface area contributed by atoms with Gasteiger partial charge >= 0.3 is 76.7 Å². The summed E-state index contributed by atoms with van der Waals surface area (Å²) in [4.78, 5) is 0. The van der Waals surface area contributed by atoms with Gasteiger partial charge in [0.15, 0.2) is 0 Å². The van der Waals surface area contributed by atoms with Crippen LogP contribution >= 0.6 is 0 Å². The Labute approximate surface area is 103 Å². The standard InChI is InChI=1S/B.Be.6FH.Rb/h;;6*1H;/q+3;+2;;;;;;;+1/p-6. The molecule has 0 aromatic heterocycles. The first-order valence-electron chi connectivity index (χ1n) is 0. The van der Waals surface area contributed by atoms with Crippen LogP contribution in [0.5, 0.6) is 0 Å². The molecule has 0 N–H and O–H groups in total. The molecule has 9 heavy (non-hydrogen) atoms. The van der Waals surface area contributed by atoms with Crippen LogP contribution in [0.25, 0.3) is 0 Å². The van der Waals surface area contributed by atoms with E-state index in [9.17, 15) is 0 Å². The van der Waals surface area contributed by atoms with Gasteiger partial charge in [-0.25, -0.2) is 0 Å². The Morgan fingerprint density at radius 1 is 0.444 bits per heavy atom. The fourth-order valence-corrected chi connectivity index (χ4v) is 0. The molecule has 0 saturated heterocycles. The van der Waals surface area contributed by atoms with Crippen LogP contribution in [0.2, 0.25) is 0 Å². The first-order chi connectivity index (χ1) is 0. The molecule has 0 spiro atoms. The van der Waals surface area contributed by atoms with Crippen LogP contribution < -0.4 is 86.4 Å². The Morgan fingerprint density at radius 2 is 0.444 bits per heavy atom. The molecule has 9 heteroatoms. The summed E-state index contributed by atoms with van der Waals surface area (Å²) in [5, 5.41) is 0. The summed E-state index contributed by atoms with van der Waals surface area (Å²) in [6.07, 6.45) is 0. The topological polar surface area (TPSA) is 0 Å². The molecule has 0 saturated carbocycles. The monoisotopic (exact) mass is 219 g/mol. The molecule has 0 amide bonds. The maximum absolute atomic E-state index is 0. The van der Waals surface area contributed by atoms with E-state index >= 15 is 0 Å². The molecular formula is BBeF6Rb. The van der Waals surface area contributed by atoms with Crippen molar-refractivity contribution < 1.29 is 86.4 Å². The molecule has 0 rings (SSSR count). The summed E-state index contributed by atoms with van der Waals surface area (Å²) in [5.41, 5.74) is 0. The number of halogens is 6. The summed E-state index contributed by atoms with van der Waals surface area (Å²) >= 11 is 0. The van der Waals surface area contributed by atoms with Gasteiger partial charge in [0.1, 0.15) is 0 Å². The van der Waals surface area contributed by atoms with Gasteiger partial charge in [0.25, 0.3) is 0 Å². The van der Waals surface area contributed by atoms with Crippen molar-refractivity contribution in [3.63, 3.8) is 0 Å². The van der Waals surface area contributed by atoms with Gasteiger partial charge in [-0.1, -0.05) is 0 Å². The van der Waals surface area contributed by atoms with E-state index in [1.807, 2.05) is 0 Å². The Balaban J connectivity index is 0. The second-order valence-corrected chi connectivity index (χ2v) is 0. The van der Waals surface area contributed by atoms with Crippen LogP contribution in [0.1, 0.15) is 0 Å². The van der Waals surface area contributed by atoms with Crippen LogP contribution in [-0.2, 0) is 0 Å². The smallest absolute Gasteiger partial charge is 1.00 e.